The smallest absolute Gasteiger partial charge is 0.261 e. The van der Waals surface area contributed by atoms with E-state index in [1.165, 1.54) is 11.3 Å². The zero-order chi connectivity index (χ0) is 17.3. The highest BCUT2D eigenvalue weighted by Gasteiger charge is 2.17. The van der Waals surface area contributed by atoms with E-state index in [0.717, 1.165) is 21.6 Å². The van der Waals surface area contributed by atoms with E-state index in [-0.39, 0.29) is 11.9 Å². The molecule has 0 saturated heterocycles. The molecule has 1 aromatic carbocycles. The minimum absolute atomic E-state index is 0.0599. The van der Waals surface area contributed by atoms with Crippen LogP contribution in [0.2, 0.25) is 5.02 Å². The Morgan fingerprint density at radius 1 is 1.42 bits per heavy atom. The van der Waals surface area contributed by atoms with Gasteiger partial charge in [-0.15, -0.1) is 11.3 Å². The van der Waals surface area contributed by atoms with Gasteiger partial charge in [0, 0.05) is 23.0 Å². The average molecular weight is 363 g/mol. The number of thiophene rings is 1. The summed E-state index contributed by atoms with van der Waals surface area (Å²) in [6.07, 6.45) is 0. The monoisotopic (exact) mass is 362 g/mol. The van der Waals surface area contributed by atoms with Gasteiger partial charge in [-0.3, -0.25) is 4.79 Å². The quantitative estimate of drug-likeness (QED) is 0.731. The Hall–Kier alpha value is -1.89. The summed E-state index contributed by atoms with van der Waals surface area (Å²) in [5.41, 5.74) is 1.78. The number of nitrogens with one attached hydrogen (secondary N) is 2. The second kappa shape index (κ2) is 6.93. The molecule has 1 amide bonds. The van der Waals surface area contributed by atoms with Crippen molar-refractivity contribution in [2.45, 2.75) is 19.9 Å². The second-order valence-electron chi connectivity index (χ2n) is 5.71. The van der Waals surface area contributed by atoms with Crippen LogP contribution in [0.25, 0.3) is 15.9 Å². The van der Waals surface area contributed by atoms with E-state index >= 15 is 0 Å². The number of aromatic nitrogens is 2. The van der Waals surface area contributed by atoms with E-state index in [4.69, 9.17) is 11.6 Å². The van der Waals surface area contributed by atoms with Gasteiger partial charge in [0.25, 0.3) is 5.91 Å². The summed E-state index contributed by atoms with van der Waals surface area (Å²) in [5.74, 6) is -0.0599. The van der Waals surface area contributed by atoms with Crippen LogP contribution in [0.15, 0.2) is 30.3 Å². The number of likely N-dealkylation sites (N-methyl/N-ethyl adjacent to an activating group) is 1. The van der Waals surface area contributed by atoms with Gasteiger partial charge in [0.1, 0.15) is 4.83 Å². The molecule has 0 fully saturated rings. The van der Waals surface area contributed by atoms with Gasteiger partial charge in [0.15, 0.2) is 0 Å². The number of carbonyl (C=O) groups is 1. The SMILES string of the molecule is CNC(C)CNC(=O)c1cc2c(C)nn(-c3cccc(Cl)c3)c2s1. The molecular formula is C17H19ClN4OS. The molecule has 1 unspecified atom stereocenters. The third kappa shape index (κ3) is 3.31. The number of fused-ring (bicyclic) bond motifs is 1. The highest BCUT2D eigenvalue weighted by molar-refractivity contribution is 7.20. The van der Waals surface area contributed by atoms with Crippen molar-refractivity contribution in [3.63, 3.8) is 0 Å². The van der Waals surface area contributed by atoms with Crippen molar-refractivity contribution in [2.24, 2.45) is 0 Å². The first-order valence-electron chi connectivity index (χ1n) is 7.70. The summed E-state index contributed by atoms with van der Waals surface area (Å²) >= 11 is 7.52. The highest BCUT2D eigenvalue weighted by atomic mass is 35.5. The molecule has 0 bridgehead atoms. The molecule has 1 atom stereocenters. The lowest BCUT2D eigenvalue weighted by atomic mass is 10.3. The van der Waals surface area contributed by atoms with Gasteiger partial charge in [-0.2, -0.15) is 5.10 Å². The van der Waals surface area contributed by atoms with Crippen LogP contribution in [0.5, 0.6) is 0 Å². The Labute approximate surface area is 149 Å². The molecule has 0 aliphatic heterocycles. The fourth-order valence-corrected chi connectivity index (χ4v) is 3.66. The molecule has 7 heteroatoms. The number of amides is 1. The van der Waals surface area contributed by atoms with Gasteiger partial charge >= 0.3 is 0 Å². The van der Waals surface area contributed by atoms with Crippen LogP contribution in [0.3, 0.4) is 0 Å². The van der Waals surface area contributed by atoms with Gasteiger partial charge in [-0.1, -0.05) is 17.7 Å². The number of halogens is 1. The number of rotatable bonds is 5. The maximum Gasteiger partial charge on any atom is 0.261 e. The van der Waals surface area contributed by atoms with E-state index in [1.54, 1.807) is 0 Å². The molecule has 0 radical (unpaired) electrons. The number of aryl methyl sites for hydroxylation is 1. The van der Waals surface area contributed by atoms with E-state index in [9.17, 15) is 4.79 Å². The Bertz CT molecular complexity index is 886. The summed E-state index contributed by atoms with van der Waals surface area (Å²) in [6.45, 7) is 4.55. The minimum atomic E-state index is -0.0599. The molecule has 3 rings (SSSR count). The summed E-state index contributed by atoms with van der Waals surface area (Å²) in [5, 5.41) is 12.3. The molecule has 0 aliphatic carbocycles. The molecule has 0 aliphatic rings. The van der Waals surface area contributed by atoms with E-state index < -0.39 is 0 Å². The van der Waals surface area contributed by atoms with Crippen molar-refractivity contribution in [3.05, 3.63) is 45.9 Å². The first kappa shape index (κ1) is 17.0. The fourth-order valence-electron chi connectivity index (χ4n) is 2.38. The first-order chi connectivity index (χ1) is 11.5. The molecule has 5 nitrogen and oxygen atoms in total. The molecule has 2 N–H and O–H groups in total. The van der Waals surface area contributed by atoms with Crippen molar-refractivity contribution < 1.29 is 4.79 Å². The Morgan fingerprint density at radius 2 is 2.21 bits per heavy atom. The summed E-state index contributed by atoms with van der Waals surface area (Å²) < 4.78 is 1.84. The summed E-state index contributed by atoms with van der Waals surface area (Å²) in [6, 6.07) is 9.67. The van der Waals surface area contributed by atoms with Crippen molar-refractivity contribution >= 4 is 39.1 Å². The van der Waals surface area contributed by atoms with Crippen LogP contribution >= 0.6 is 22.9 Å². The average Bonchev–Trinajstić information content (AvgIpc) is 3.13. The van der Waals surface area contributed by atoms with Crippen LogP contribution < -0.4 is 10.6 Å². The number of hydrogen-bond donors (Lipinski definition) is 2. The van der Waals surface area contributed by atoms with E-state index in [2.05, 4.69) is 15.7 Å². The van der Waals surface area contributed by atoms with Crippen LogP contribution in [0.4, 0.5) is 0 Å². The lowest BCUT2D eigenvalue weighted by molar-refractivity contribution is 0.0954. The largest absolute Gasteiger partial charge is 0.350 e. The third-order valence-electron chi connectivity index (χ3n) is 3.88. The fraction of sp³-hybridized carbons (Fsp3) is 0.294. The van der Waals surface area contributed by atoms with Crippen molar-refractivity contribution in [3.8, 4) is 5.69 Å². The van der Waals surface area contributed by atoms with Crippen molar-refractivity contribution in [1.29, 1.82) is 0 Å². The van der Waals surface area contributed by atoms with Gasteiger partial charge in [-0.25, -0.2) is 4.68 Å². The van der Waals surface area contributed by atoms with Gasteiger partial charge in [0.05, 0.1) is 16.3 Å². The predicted molar refractivity (Wildman–Crippen MR) is 99.5 cm³/mol. The molecular weight excluding hydrogens is 344 g/mol. The zero-order valence-corrected chi connectivity index (χ0v) is 15.3. The number of hydrogen-bond acceptors (Lipinski definition) is 4. The van der Waals surface area contributed by atoms with Crippen LogP contribution in [-0.4, -0.2) is 35.3 Å². The Morgan fingerprint density at radius 3 is 2.92 bits per heavy atom. The number of benzene rings is 1. The van der Waals surface area contributed by atoms with E-state index in [0.29, 0.717) is 16.4 Å². The normalized spacial score (nSPS) is 12.5. The molecule has 3 aromatic rings. The summed E-state index contributed by atoms with van der Waals surface area (Å²) in [4.78, 5) is 14.0. The molecule has 24 heavy (non-hydrogen) atoms. The molecule has 126 valence electrons. The standard InChI is InChI=1S/C17H19ClN4OS/c1-10(19-3)9-20-16(23)15-8-14-11(2)21-22(17(14)24-15)13-6-4-5-12(18)7-13/h4-8,10,19H,9H2,1-3H3,(H,20,23). The van der Waals surface area contributed by atoms with Crippen LogP contribution in [-0.2, 0) is 0 Å². The first-order valence-corrected chi connectivity index (χ1v) is 8.89. The maximum absolute atomic E-state index is 12.4. The van der Waals surface area contributed by atoms with Crippen molar-refractivity contribution in [1.82, 2.24) is 20.4 Å². The molecule has 0 spiro atoms. The number of carbonyl (C=O) groups excluding carboxylic acids is 1. The zero-order valence-electron chi connectivity index (χ0n) is 13.8. The molecule has 2 aromatic heterocycles. The Kier molecular flexibility index (Phi) is 4.89. The van der Waals surface area contributed by atoms with Crippen LogP contribution in [0, 0.1) is 6.92 Å². The topological polar surface area (TPSA) is 58.9 Å². The maximum atomic E-state index is 12.4. The lowest BCUT2D eigenvalue weighted by Crippen LogP contribution is -2.36. The Balaban J connectivity index is 1.94. The minimum Gasteiger partial charge on any atom is -0.350 e. The van der Waals surface area contributed by atoms with Gasteiger partial charge in [-0.05, 0) is 45.2 Å². The predicted octanol–water partition coefficient (Wildman–Crippen LogP) is 3.39. The molecule has 2 heterocycles. The van der Waals surface area contributed by atoms with Crippen LogP contribution in [0.1, 0.15) is 22.3 Å². The highest BCUT2D eigenvalue weighted by Crippen LogP contribution is 2.30. The number of nitrogens with zero attached hydrogens (tertiary/aromatic N) is 2. The molecule has 0 saturated carbocycles. The van der Waals surface area contributed by atoms with Crippen molar-refractivity contribution in [2.75, 3.05) is 13.6 Å². The lowest BCUT2D eigenvalue weighted by Gasteiger charge is -2.10. The van der Waals surface area contributed by atoms with Gasteiger partial charge < -0.3 is 10.6 Å². The van der Waals surface area contributed by atoms with Gasteiger partial charge in [0.2, 0.25) is 0 Å². The second-order valence-corrected chi connectivity index (χ2v) is 7.17. The third-order valence-corrected chi connectivity index (χ3v) is 5.23. The van der Waals surface area contributed by atoms with E-state index in [1.807, 2.05) is 55.9 Å². The summed E-state index contributed by atoms with van der Waals surface area (Å²) in [7, 11) is 1.87.